The Morgan fingerprint density at radius 3 is 2.67 bits per heavy atom. The Balaban J connectivity index is 2.13. The number of halogens is 4. The van der Waals surface area contributed by atoms with Crippen molar-refractivity contribution in [3.8, 4) is 0 Å². The fourth-order valence-electron chi connectivity index (χ4n) is 2.81. The highest BCUT2D eigenvalue weighted by atomic mass is 35.5. The molecule has 2 heterocycles. The fraction of sp³-hybridized carbons (Fsp3) is 0.250. The van der Waals surface area contributed by atoms with Crippen LogP contribution in [0.2, 0.25) is 10.0 Å². The molecule has 1 aliphatic rings. The first-order valence-electron chi connectivity index (χ1n) is 7.03. The van der Waals surface area contributed by atoms with Crippen LogP contribution in [-0.4, -0.2) is 16.0 Å². The van der Waals surface area contributed by atoms with Crippen molar-refractivity contribution < 1.29 is 18.7 Å². The van der Waals surface area contributed by atoms with Gasteiger partial charge in [0.1, 0.15) is 0 Å². The topological polar surface area (TPSA) is 53.4 Å². The van der Waals surface area contributed by atoms with Gasteiger partial charge in [-0.25, -0.2) is 0 Å². The van der Waals surface area contributed by atoms with Crippen LogP contribution < -0.4 is 4.90 Å². The van der Waals surface area contributed by atoms with E-state index >= 15 is 0 Å². The molecule has 0 spiro atoms. The molecule has 24 heavy (non-hydrogen) atoms. The molecule has 1 aliphatic heterocycles. The van der Waals surface area contributed by atoms with Crippen molar-refractivity contribution in [3.05, 3.63) is 57.3 Å². The van der Waals surface area contributed by atoms with Crippen LogP contribution in [-0.2, 0) is 17.3 Å². The average molecular weight is 373 g/mol. The average Bonchev–Trinajstić information content (AvgIpc) is 2.68. The predicted octanol–water partition coefficient (Wildman–Crippen LogP) is 4.08. The molecule has 1 amide bonds. The van der Waals surface area contributed by atoms with E-state index in [1.807, 2.05) is 0 Å². The summed E-state index contributed by atoms with van der Waals surface area (Å²) in [5.74, 6) is -5.14. The van der Waals surface area contributed by atoms with E-state index in [2.05, 4.69) is 4.98 Å². The summed E-state index contributed by atoms with van der Waals surface area (Å²) in [5.41, 5.74) is -0.164. The Labute approximate surface area is 146 Å². The molecule has 8 heteroatoms. The highest BCUT2D eigenvalue weighted by Gasteiger charge is 2.54. The zero-order valence-corrected chi connectivity index (χ0v) is 13.9. The van der Waals surface area contributed by atoms with Gasteiger partial charge in [0.15, 0.2) is 0 Å². The number of aliphatic hydroxyl groups excluding tert-OH is 1. The minimum atomic E-state index is -3.77. The van der Waals surface area contributed by atoms with E-state index in [0.29, 0.717) is 10.6 Å². The Bertz CT molecular complexity index is 828. The lowest BCUT2D eigenvalue weighted by Crippen LogP contribution is -2.34. The quantitative estimate of drug-likeness (QED) is 0.882. The summed E-state index contributed by atoms with van der Waals surface area (Å²) < 4.78 is 29.1. The second kappa shape index (κ2) is 5.95. The number of pyridine rings is 1. The summed E-state index contributed by atoms with van der Waals surface area (Å²) in [6.07, 6.45) is 1.62. The van der Waals surface area contributed by atoms with Gasteiger partial charge < -0.3 is 10.0 Å². The summed E-state index contributed by atoms with van der Waals surface area (Å²) in [7, 11) is 0. The molecule has 0 radical (unpaired) electrons. The van der Waals surface area contributed by atoms with Crippen LogP contribution in [0, 0.1) is 0 Å². The van der Waals surface area contributed by atoms with Gasteiger partial charge in [-0.1, -0.05) is 23.2 Å². The molecule has 0 saturated carbocycles. The molecule has 0 saturated heterocycles. The normalized spacial score (nSPS) is 17.1. The maximum atomic E-state index is 14.6. The van der Waals surface area contributed by atoms with Crippen LogP contribution in [0.5, 0.6) is 0 Å². The van der Waals surface area contributed by atoms with Crippen LogP contribution in [0.25, 0.3) is 0 Å². The number of rotatable bonds is 3. The third-order valence-corrected chi connectivity index (χ3v) is 4.35. The van der Waals surface area contributed by atoms with E-state index in [-0.39, 0.29) is 22.8 Å². The molecule has 2 aromatic rings. The molecule has 1 atom stereocenters. The zero-order chi connectivity index (χ0) is 17.6. The van der Waals surface area contributed by atoms with E-state index in [9.17, 15) is 18.7 Å². The second-order valence-corrected chi connectivity index (χ2v) is 6.35. The molecule has 1 aromatic heterocycles. The van der Waals surface area contributed by atoms with Crippen molar-refractivity contribution in [1.29, 1.82) is 0 Å². The zero-order valence-electron chi connectivity index (χ0n) is 12.4. The lowest BCUT2D eigenvalue weighted by Gasteiger charge is -2.18. The van der Waals surface area contributed by atoms with E-state index in [0.717, 1.165) is 4.90 Å². The van der Waals surface area contributed by atoms with Gasteiger partial charge in [0.2, 0.25) is 0 Å². The first kappa shape index (κ1) is 17.1. The van der Waals surface area contributed by atoms with Crippen molar-refractivity contribution in [3.63, 3.8) is 0 Å². The monoisotopic (exact) mass is 372 g/mol. The van der Waals surface area contributed by atoms with Crippen molar-refractivity contribution in [2.24, 2.45) is 0 Å². The lowest BCUT2D eigenvalue weighted by atomic mass is 9.98. The van der Waals surface area contributed by atoms with E-state index in [1.165, 1.54) is 31.5 Å². The molecule has 0 bridgehead atoms. The number of nitrogens with zero attached hydrogens (tertiary/aromatic N) is 2. The summed E-state index contributed by atoms with van der Waals surface area (Å²) >= 11 is 11.8. The number of alkyl halides is 2. The third kappa shape index (κ3) is 2.64. The lowest BCUT2D eigenvalue weighted by molar-refractivity contribution is -0.141. The molecule has 1 N–H and O–H groups in total. The van der Waals surface area contributed by atoms with Crippen LogP contribution in [0.15, 0.2) is 30.6 Å². The number of anilines is 1. The van der Waals surface area contributed by atoms with Gasteiger partial charge in [-0.05, 0) is 30.7 Å². The Hall–Kier alpha value is -1.76. The van der Waals surface area contributed by atoms with Crippen molar-refractivity contribution in [2.45, 2.75) is 25.5 Å². The third-order valence-electron chi connectivity index (χ3n) is 3.81. The first-order chi connectivity index (χ1) is 11.2. The number of amides is 1. The van der Waals surface area contributed by atoms with E-state index in [1.54, 1.807) is 6.07 Å². The summed E-state index contributed by atoms with van der Waals surface area (Å²) in [5, 5.41) is 10.2. The van der Waals surface area contributed by atoms with Crippen molar-refractivity contribution >= 4 is 34.8 Å². The molecule has 1 aromatic carbocycles. The molecule has 0 aliphatic carbocycles. The van der Waals surface area contributed by atoms with Crippen LogP contribution >= 0.6 is 23.2 Å². The van der Waals surface area contributed by atoms with Gasteiger partial charge in [0.05, 0.1) is 28.9 Å². The van der Waals surface area contributed by atoms with Gasteiger partial charge in [-0.15, -0.1) is 0 Å². The Morgan fingerprint density at radius 2 is 2.04 bits per heavy atom. The van der Waals surface area contributed by atoms with Crippen LogP contribution in [0.3, 0.4) is 0 Å². The number of aliphatic hydroxyl groups is 1. The number of hydrogen-bond acceptors (Lipinski definition) is 3. The smallest absolute Gasteiger partial charge is 0.352 e. The second-order valence-electron chi connectivity index (χ2n) is 5.51. The molecule has 3 rings (SSSR count). The highest BCUT2D eigenvalue weighted by Crippen LogP contribution is 2.49. The SMILES string of the molecule is C[C@H](O)c1c(Cl)ccc2c1C(F)(F)C(=O)N2Cc1cncc(Cl)c1. The molecular weight excluding hydrogens is 361 g/mol. The largest absolute Gasteiger partial charge is 0.389 e. The molecule has 126 valence electrons. The summed E-state index contributed by atoms with van der Waals surface area (Å²) in [4.78, 5) is 17.1. The molecule has 0 fully saturated rings. The summed E-state index contributed by atoms with van der Waals surface area (Å²) in [6, 6.07) is 4.28. The van der Waals surface area contributed by atoms with Gasteiger partial charge in [-0.3, -0.25) is 9.78 Å². The maximum absolute atomic E-state index is 14.6. The summed E-state index contributed by atoms with van der Waals surface area (Å²) in [6.45, 7) is 1.21. The number of carbonyl (C=O) groups excluding carboxylic acids is 1. The predicted molar refractivity (Wildman–Crippen MR) is 86.4 cm³/mol. The van der Waals surface area contributed by atoms with Gasteiger partial charge in [-0.2, -0.15) is 8.78 Å². The molecule has 4 nitrogen and oxygen atoms in total. The number of fused-ring (bicyclic) bond motifs is 1. The number of aromatic nitrogens is 1. The number of carbonyl (C=O) groups is 1. The van der Waals surface area contributed by atoms with Gasteiger partial charge >= 0.3 is 11.8 Å². The Kier molecular flexibility index (Phi) is 4.23. The minimum absolute atomic E-state index is 0.0116. The fourth-order valence-corrected chi connectivity index (χ4v) is 3.33. The number of benzene rings is 1. The molecular formula is C16H12Cl2F2N2O2. The standard InChI is InChI=1S/C16H12Cl2F2N2O2/c1-8(23)13-11(18)2-3-12-14(13)16(19,20)15(24)22(12)7-9-4-10(17)6-21-5-9/h2-6,8,23H,7H2,1H3/t8-/m0/s1. The van der Waals surface area contributed by atoms with E-state index in [4.69, 9.17) is 23.2 Å². The van der Waals surface area contributed by atoms with E-state index < -0.39 is 23.5 Å². The van der Waals surface area contributed by atoms with Crippen LogP contribution in [0.1, 0.15) is 29.7 Å². The minimum Gasteiger partial charge on any atom is -0.389 e. The van der Waals surface area contributed by atoms with Crippen LogP contribution in [0.4, 0.5) is 14.5 Å². The van der Waals surface area contributed by atoms with Gasteiger partial charge in [0.25, 0.3) is 0 Å². The number of hydrogen-bond donors (Lipinski definition) is 1. The first-order valence-corrected chi connectivity index (χ1v) is 7.79. The van der Waals surface area contributed by atoms with Crippen molar-refractivity contribution in [2.75, 3.05) is 4.90 Å². The maximum Gasteiger partial charge on any atom is 0.352 e. The van der Waals surface area contributed by atoms with Crippen molar-refractivity contribution in [1.82, 2.24) is 4.98 Å². The molecule has 0 unspecified atom stereocenters. The van der Waals surface area contributed by atoms with Gasteiger partial charge in [0, 0.05) is 23.0 Å². The highest BCUT2D eigenvalue weighted by molar-refractivity contribution is 6.32. The Morgan fingerprint density at radius 1 is 1.33 bits per heavy atom.